The first-order valence-electron chi connectivity index (χ1n) is 11.9. The Balaban J connectivity index is 1.62. The summed E-state index contributed by atoms with van der Waals surface area (Å²) < 4.78 is 8.24. The number of nitrogens with zero attached hydrogens (tertiary/aromatic N) is 3. The van der Waals surface area contributed by atoms with E-state index in [4.69, 9.17) is 21.9 Å². The average Bonchev–Trinajstić information content (AvgIpc) is 3.09. The number of benzene rings is 1. The molecule has 0 radical (unpaired) electrons. The molecular formula is C27H27N3O3S2. The highest BCUT2D eigenvalue weighted by Crippen LogP contribution is 2.38. The highest BCUT2D eigenvalue weighted by atomic mass is 32.2. The van der Waals surface area contributed by atoms with Gasteiger partial charge in [-0.1, -0.05) is 55.4 Å². The maximum atomic E-state index is 13.6. The van der Waals surface area contributed by atoms with E-state index in [1.54, 1.807) is 17.2 Å². The molecular weight excluding hydrogens is 478 g/mol. The highest BCUT2D eigenvalue weighted by molar-refractivity contribution is 8.26. The number of carbonyl (C=O) groups is 1. The number of ether oxygens (including phenoxy) is 1. The number of hydrogen-bond acceptors (Lipinski definition) is 6. The number of amides is 1. The van der Waals surface area contributed by atoms with Gasteiger partial charge in [0.1, 0.15) is 21.3 Å². The van der Waals surface area contributed by atoms with Crippen molar-refractivity contribution in [1.29, 1.82) is 0 Å². The van der Waals surface area contributed by atoms with E-state index in [-0.39, 0.29) is 29.0 Å². The zero-order chi connectivity index (χ0) is 24.7. The number of aryl methyl sites for hydroxylation is 3. The molecule has 8 heteroatoms. The van der Waals surface area contributed by atoms with Crippen molar-refractivity contribution in [2.75, 3.05) is 0 Å². The summed E-state index contributed by atoms with van der Waals surface area (Å²) >= 11 is 6.83. The second-order valence-electron chi connectivity index (χ2n) is 9.29. The molecule has 2 aliphatic rings. The zero-order valence-corrected chi connectivity index (χ0v) is 21.7. The van der Waals surface area contributed by atoms with Gasteiger partial charge in [-0.3, -0.25) is 18.9 Å². The largest absolute Gasteiger partial charge is 0.438 e. The van der Waals surface area contributed by atoms with Gasteiger partial charge in [0.05, 0.1) is 4.91 Å². The number of rotatable bonds is 4. The van der Waals surface area contributed by atoms with Crippen LogP contribution in [0.5, 0.6) is 11.6 Å². The first-order valence-corrected chi connectivity index (χ1v) is 13.1. The predicted molar refractivity (Wildman–Crippen MR) is 144 cm³/mol. The average molecular weight is 506 g/mol. The number of pyridine rings is 1. The van der Waals surface area contributed by atoms with E-state index in [2.05, 4.69) is 6.07 Å². The van der Waals surface area contributed by atoms with Crippen molar-refractivity contribution in [3.63, 3.8) is 0 Å². The maximum absolute atomic E-state index is 13.6. The second-order valence-corrected chi connectivity index (χ2v) is 11.0. The van der Waals surface area contributed by atoms with E-state index in [1.807, 2.05) is 45.0 Å². The number of fused-ring (bicyclic) bond motifs is 1. The molecule has 3 heterocycles. The molecule has 0 unspecified atom stereocenters. The minimum absolute atomic E-state index is 0.131. The molecule has 0 bridgehead atoms. The van der Waals surface area contributed by atoms with Gasteiger partial charge in [-0.15, -0.1) is 0 Å². The molecule has 1 amide bonds. The summed E-state index contributed by atoms with van der Waals surface area (Å²) in [6.07, 6.45) is 8.60. The van der Waals surface area contributed by atoms with Crippen LogP contribution in [0.15, 0.2) is 46.2 Å². The van der Waals surface area contributed by atoms with Gasteiger partial charge in [0.25, 0.3) is 11.5 Å². The molecule has 0 spiro atoms. The van der Waals surface area contributed by atoms with Crippen LogP contribution in [0.1, 0.15) is 54.4 Å². The minimum atomic E-state index is -0.291. The summed E-state index contributed by atoms with van der Waals surface area (Å²) in [5.74, 6) is 0.631. The fourth-order valence-corrected chi connectivity index (χ4v) is 6.24. The maximum Gasteiger partial charge on any atom is 0.269 e. The van der Waals surface area contributed by atoms with Crippen molar-refractivity contribution in [1.82, 2.24) is 14.3 Å². The third kappa shape index (κ3) is 4.65. The third-order valence-electron chi connectivity index (χ3n) is 6.50. The Morgan fingerprint density at radius 2 is 1.80 bits per heavy atom. The number of thioether (sulfide) groups is 1. The van der Waals surface area contributed by atoms with Crippen LogP contribution in [0.4, 0.5) is 0 Å². The standard InChI is InChI=1S/C27H27N3O3S2/c1-16-12-17(2)14-20(13-16)33-24-21(25(31)29-11-7-8-18(3)23(29)28-24)15-22-26(32)30(27(34)35-22)19-9-5-4-6-10-19/h7-8,11-15,19H,4-6,9-10H2,1-3H3/b22-15+. The Labute approximate surface area is 214 Å². The molecule has 1 saturated carbocycles. The third-order valence-corrected chi connectivity index (χ3v) is 7.83. The summed E-state index contributed by atoms with van der Waals surface area (Å²) in [6, 6.07) is 9.70. The Morgan fingerprint density at radius 1 is 1.09 bits per heavy atom. The molecule has 1 aliphatic carbocycles. The lowest BCUT2D eigenvalue weighted by molar-refractivity contribution is -0.124. The van der Waals surface area contributed by atoms with E-state index >= 15 is 0 Å². The van der Waals surface area contributed by atoms with Crippen molar-refractivity contribution in [2.24, 2.45) is 0 Å². The Bertz CT molecular complexity index is 1420. The predicted octanol–water partition coefficient (Wildman–Crippen LogP) is 5.95. The molecule has 0 N–H and O–H groups in total. The van der Waals surface area contributed by atoms with Crippen LogP contribution in [0.2, 0.25) is 0 Å². The fraction of sp³-hybridized carbons (Fsp3) is 0.333. The lowest BCUT2D eigenvalue weighted by Crippen LogP contribution is -2.39. The van der Waals surface area contributed by atoms with Gasteiger partial charge >= 0.3 is 0 Å². The van der Waals surface area contributed by atoms with E-state index in [0.717, 1.165) is 42.4 Å². The van der Waals surface area contributed by atoms with E-state index in [0.29, 0.717) is 20.6 Å². The highest BCUT2D eigenvalue weighted by Gasteiger charge is 2.38. The van der Waals surface area contributed by atoms with Crippen molar-refractivity contribution in [3.8, 4) is 11.6 Å². The van der Waals surface area contributed by atoms with E-state index in [1.165, 1.54) is 22.6 Å². The van der Waals surface area contributed by atoms with Crippen LogP contribution >= 0.6 is 24.0 Å². The second kappa shape index (κ2) is 9.59. The van der Waals surface area contributed by atoms with E-state index in [9.17, 15) is 9.59 Å². The zero-order valence-electron chi connectivity index (χ0n) is 20.0. The summed E-state index contributed by atoms with van der Waals surface area (Å²) in [4.78, 5) is 33.9. The number of carbonyl (C=O) groups excluding carboxylic acids is 1. The van der Waals surface area contributed by atoms with E-state index < -0.39 is 0 Å². The van der Waals surface area contributed by atoms with Gasteiger partial charge in [-0.25, -0.2) is 0 Å². The molecule has 6 nitrogen and oxygen atoms in total. The van der Waals surface area contributed by atoms with Crippen LogP contribution in [-0.4, -0.2) is 30.6 Å². The molecule has 2 aromatic heterocycles. The molecule has 1 aliphatic heterocycles. The number of aromatic nitrogens is 2. The van der Waals surface area contributed by atoms with Crippen molar-refractivity contribution >= 4 is 45.9 Å². The molecule has 0 atom stereocenters. The Kier molecular flexibility index (Phi) is 6.51. The van der Waals surface area contributed by atoms with Crippen LogP contribution in [0, 0.1) is 20.8 Å². The lowest BCUT2D eigenvalue weighted by Gasteiger charge is -2.29. The summed E-state index contributed by atoms with van der Waals surface area (Å²) in [5, 5.41) is 0. The van der Waals surface area contributed by atoms with Crippen LogP contribution in [-0.2, 0) is 4.79 Å². The normalized spacial score (nSPS) is 18.1. The summed E-state index contributed by atoms with van der Waals surface area (Å²) in [6.45, 7) is 5.88. The first kappa shape index (κ1) is 23.8. The fourth-order valence-electron chi connectivity index (χ4n) is 4.86. The lowest BCUT2D eigenvalue weighted by atomic mass is 9.94. The van der Waals surface area contributed by atoms with Crippen molar-refractivity contribution < 1.29 is 9.53 Å². The minimum Gasteiger partial charge on any atom is -0.438 e. The smallest absolute Gasteiger partial charge is 0.269 e. The molecule has 1 aromatic carbocycles. The quantitative estimate of drug-likeness (QED) is 0.323. The number of hydrogen-bond donors (Lipinski definition) is 0. The van der Waals surface area contributed by atoms with Crippen molar-refractivity contribution in [2.45, 2.75) is 58.9 Å². The molecule has 5 rings (SSSR count). The van der Waals surface area contributed by atoms with Gasteiger partial charge < -0.3 is 4.74 Å². The molecule has 180 valence electrons. The summed E-state index contributed by atoms with van der Waals surface area (Å²) in [7, 11) is 0. The van der Waals surface area contributed by atoms with Crippen LogP contribution in [0.3, 0.4) is 0 Å². The monoisotopic (exact) mass is 505 g/mol. The molecule has 1 saturated heterocycles. The SMILES string of the molecule is Cc1cc(C)cc(Oc2nc3c(C)cccn3c(=O)c2/C=C2/SC(=S)N(C3CCCCC3)C2=O)c1. The molecule has 35 heavy (non-hydrogen) atoms. The first-order chi connectivity index (χ1) is 16.8. The summed E-state index contributed by atoms with van der Waals surface area (Å²) in [5.41, 5.74) is 3.40. The van der Waals surface area contributed by atoms with Gasteiger partial charge in [-0.2, -0.15) is 4.98 Å². The van der Waals surface area contributed by atoms with Crippen LogP contribution < -0.4 is 10.3 Å². The van der Waals surface area contributed by atoms with Crippen molar-refractivity contribution in [3.05, 3.63) is 74.0 Å². The Hall–Kier alpha value is -2.97. The van der Waals surface area contributed by atoms with Gasteiger partial charge in [0.2, 0.25) is 5.88 Å². The van der Waals surface area contributed by atoms with Gasteiger partial charge in [0.15, 0.2) is 0 Å². The Morgan fingerprint density at radius 3 is 2.51 bits per heavy atom. The van der Waals surface area contributed by atoms with Gasteiger partial charge in [-0.05, 0) is 74.6 Å². The molecule has 3 aromatic rings. The topological polar surface area (TPSA) is 63.9 Å². The number of thiocarbonyl (C=S) groups is 1. The molecule has 2 fully saturated rings. The van der Waals surface area contributed by atoms with Gasteiger partial charge in [0, 0.05) is 12.2 Å². The van der Waals surface area contributed by atoms with Crippen LogP contribution in [0.25, 0.3) is 11.7 Å².